The van der Waals surface area contributed by atoms with E-state index >= 15 is 0 Å². The Balaban J connectivity index is 2.44. The standard InChI is InChI=1S/C10H6F3N5O2/c11-5-1-4(2-6(12)8(5)13)16-9-7(18(19)20)3-15-10(14)17-9/h1-3H,(H3,14,15,16,17). The Morgan fingerprint density at radius 3 is 2.40 bits per heavy atom. The number of halogens is 3. The lowest BCUT2D eigenvalue weighted by Gasteiger charge is -2.07. The van der Waals surface area contributed by atoms with Gasteiger partial charge in [-0.2, -0.15) is 4.98 Å². The molecular weight excluding hydrogens is 279 g/mol. The molecule has 0 saturated carbocycles. The SMILES string of the molecule is Nc1ncc([N+](=O)[O-])c(Nc2cc(F)c(F)c(F)c2)n1. The van der Waals surface area contributed by atoms with Gasteiger partial charge in [-0.15, -0.1) is 0 Å². The first-order valence-electron chi connectivity index (χ1n) is 5.07. The van der Waals surface area contributed by atoms with Crippen LogP contribution in [0.25, 0.3) is 0 Å². The third-order valence-corrected chi connectivity index (χ3v) is 2.23. The zero-order valence-electron chi connectivity index (χ0n) is 9.60. The van der Waals surface area contributed by atoms with Gasteiger partial charge in [-0.05, 0) is 0 Å². The van der Waals surface area contributed by atoms with Crippen molar-refractivity contribution in [2.75, 3.05) is 11.1 Å². The van der Waals surface area contributed by atoms with E-state index in [9.17, 15) is 23.3 Å². The third kappa shape index (κ3) is 2.58. The summed E-state index contributed by atoms with van der Waals surface area (Å²) in [6.07, 6.45) is 0.834. The van der Waals surface area contributed by atoms with Gasteiger partial charge in [0.2, 0.25) is 11.8 Å². The fourth-order valence-corrected chi connectivity index (χ4v) is 1.38. The number of hydrogen-bond donors (Lipinski definition) is 2. The normalized spacial score (nSPS) is 10.3. The van der Waals surface area contributed by atoms with Crippen LogP contribution < -0.4 is 11.1 Å². The van der Waals surface area contributed by atoms with Gasteiger partial charge in [0.25, 0.3) is 0 Å². The average Bonchev–Trinajstić information content (AvgIpc) is 2.35. The third-order valence-electron chi connectivity index (χ3n) is 2.23. The quantitative estimate of drug-likeness (QED) is 0.508. The van der Waals surface area contributed by atoms with Crippen LogP contribution in [0.4, 0.5) is 36.3 Å². The Morgan fingerprint density at radius 1 is 1.25 bits per heavy atom. The maximum absolute atomic E-state index is 13.0. The molecule has 0 bridgehead atoms. The van der Waals surface area contributed by atoms with Crippen molar-refractivity contribution in [3.63, 3.8) is 0 Å². The highest BCUT2D eigenvalue weighted by molar-refractivity contribution is 5.65. The zero-order chi connectivity index (χ0) is 14.9. The van der Waals surface area contributed by atoms with Crippen molar-refractivity contribution in [1.82, 2.24) is 9.97 Å². The van der Waals surface area contributed by atoms with Crippen molar-refractivity contribution in [2.24, 2.45) is 0 Å². The Kier molecular flexibility index (Phi) is 3.37. The van der Waals surface area contributed by atoms with E-state index in [1.165, 1.54) is 0 Å². The summed E-state index contributed by atoms with van der Waals surface area (Å²) in [5.74, 6) is -5.18. The van der Waals surface area contributed by atoms with Gasteiger partial charge in [0.05, 0.1) is 4.92 Å². The summed E-state index contributed by atoms with van der Waals surface area (Å²) in [4.78, 5) is 16.9. The predicted octanol–water partition coefficient (Wildman–Crippen LogP) is 2.13. The Labute approximate surface area is 109 Å². The molecule has 0 radical (unpaired) electrons. The Morgan fingerprint density at radius 2 is 1.85 bits per heavy atom. The van der Waals surface area contributed by atoms with E-state index in [1.54, 1.807) is 0 Å². The number of benzene rings is 1. The van der Waals surface area contributed by atoms with E-state index in [0.717, 1.165) is 6.20 Å². The second-order valence-corrected chi connectivity index (χ2v) is 3.60. The minimum Gasteiger partial charge on any atom is -0.368 e. The molecule has 0 amide bonds. The van der Waals surface area contributed by atoms with Crippen LogP contribution in [-0.2, 0) is 0 Å². The van der Waals surface area contributed by atoms with E-state index in [-0.39, 0.29) is 17.5 Å². The summed E-state index contributed by atoms with van der Waals surface area (Å²) in [6, 6.07) is 1.25. The Bertz CT molecular complexity index is 672. The molecule has 104 valence electrons. The van der Waals surface area contributed by atoms with Gasteiger partial charge < -0.3 is 11.1 Å². The topological polar surface area (TPSA) is 107 Å². The van der Waals surface area contributed by atoms with Crippen molar-refractivity contribution in [1.29, 1.82) is 0 Å². The molecule has 10 heteroatoms. The fourth-order valence-electron chi connectivity index (χ4n) is 1.38. The lowest BCUT2D eigenvalue weighted by Crippen LogP contribution is -2.05. The van der Waals surface area contributed by atoms with Gasteiger partial charge >= 0.3 is 5.69 Å². The van der Waals surface area contributed by atoms with Gasteiger partial charge in [0, 0.05) is 17.8 Å². The van der Waals surface area contributed by atoms with E-state index in [2.05, 4.69) is 15.3 Å². The molecular formula is C10H6F3N5O2. The summed E-state index contributed by atoms with van der Waals surface area (Å²) in [7, 11) is 0. The first kappa shape index (κ1) is 13.5. The van der Waals surface area contributed by atoms with Gasteiger partial charge in [-0.25, -0.2) is 18.2 Å². The summed E-state index contributed by atoms with van der Waals surface area (Å²) >= 11 is 0. The minimum atomic E-state index is -1.65. The van der Waals surface area contributed by atoms with Crippen molar-refractivity contribution in [3.8, 4) is 0 Å². The number of nitrogens with zero attached hydrogens (tertiary/aromatic N) is 3. The van der Waals surface area contributed by atoms with Gasteiger partial charge in [0.1, 0.15) is 6.20 Å². The van der Waals surface area contributed by atoms with Crippen LogP contribution in [0.15, 0.2) is 18.3 Å². The first-order valence-corrected chi connectivity index (χ1v) is 5.07. The molecule has 2 aromatic rings. The fraction of sp³-hybridized carbons (Fsp3) is 0. The number of aromatic nitrogens is 2. The number of nitrogen functional groups attached to an aromatic ring is 1. The molecule has 20 heavy (non-hydrogen) atoms. The van der Waals surface area contributed by atoms with Crippen LogP contribution in [-0.4, -0.2) is 14.9 Å². The summed E-state index contributed by atoms with van der Waals surface area (Å²) in [6.45, 7) is 0. The minimum absolute atomic E-state index is 0.261. The molecule has 2 rings (SSSR count). The lowest BCUT2D eigenvalue weighted by molar-refractivity contribution is -0.384. The van der Waals surface area contributed by atoms with Crippen LogP contribution in [0.2, 0.25) is 0 Å². The van der Waals surface area contributed by atoms with Gasteiger partial charge in [0.15, 0.2) is 17.5 Å². The summed E-state index contributed by atoms with van der Waals surface area (Å²) in [5.41, 5.74) is 4.46. The number of rotatable bonds is 3. The molecule has 3 N–H and O–H groups in total. The molecule has 7 nitrogen and oxygen atoms in total. The highest BCUT2D eigenvalue weighted by Gasteiger charge is 2.18. The number of nitrogens with one attached hydrogen (secondary N) is 1. The van der Waals surface area contributed by atoms with Crippen LogP contribution in [0, 0.1) is 27.6 Å². The molecule has 1 aromatic heterocycles. The first-order chi connectivity index (χ1) is 9.38. The maximum Gasteiger partial charge on any atom is 0.329 e. The number of hydrogen-bond acceptors (Lipinski definition) is 6. The summed E-state index contributed by atoms with van der Waals surface area (Å²) < 4.78 is 38.9. The van der Waals surface area contributed by atoms with E-state index in [4.69, 9.17) is 5.73 Å². The molecule has 0 aliphatic heterocycles. The van der Waals surface area contributed by atoms with Crippen molar-refractivity contribution >= 4 is 23.1 Å². The predicted molar refractivity (Wildman–Crippen MR) is 62.7 cm³/mol. The Hall–Kier alpha value is -2.91. The maximum atomic E-state index is 13.0. The van der Waals surface area contributed by atoms with Crippen LogP contribution >= 0.6 is 0 Å². The molecule has 0 saturated heterocycles. The van der Waals surface area contributed by atoms with Crippen LogP contribution in [0.1, 0.15) is 0 Å². The van der Waals surface area contributed by atoms with E-state index < -0.39 is 28.1 Å². The molecule has 0 fully saturated rings. The van der Waals surface area contributed by atoms with Crippen molar-refractivity contribution in [3.05, 3.63) is 45.9 Å². The molecule has 0 spiro atoms. The molecule has 0 unspecified atom stereocenters. The largest absolute Gasteiger partial charge is 0.368 e. The molecule has 0 aliphatic carbocycles. The van der Waals surface area contributed by atoms with Crippen molar-refractivity contribution < 1.29 is 18.1 Å². The smallest absolute Gasteiger partial charge is 0.329 e. The highest BCUT2D eigenvalue weighted by atomic mass is 19.2. The number of nitro groups is 1. The molecule has 1 aromatic carbocycles. The second-order valence-electron chi connectivity index (χ2n) is 3.60. The lowest BCUT2D eigenvalue weighted by atomic mass is 10.3. The van der Waals surface area contributed by atoms with Crippen LogP contribution in [0.3, 0.4) is 0 Å². The van der Waals surface area contributed by atoms with Crippen LogP contribution in [0.5, 0.6) is 0 Å². The van der Waals surface area contributed by atoms with Gasteiger partial charge in [-0.1, -0.05) is 0 Å². The summed E-state index contributed by atoms with van der Waals surface area (Å²) in [5, 5.41) is 13.0. The van der Waals surface area contributed by atoms with E-state index in [1.807, 2.05) is 0 Å². The average molecular weight is 285 g/mol. The monoisotopic (exact) mass is 285 g/mol. The zero-order valence-corrected chi connectivity index (χ0v) is 9.60. The van der Waals surface area contributed by atoms with Crippen molar-refractivity contribution in [2.45, 2.75) is 0 Å². The van der Waals surface area contributed by atoms with E-state index in [0.29, 0.717) is 12.1 Å². The molecule has 0 atom stereocenters. The molecule has 0 aliphatic rings. The number of anilines is 3. The second kappa shape index (κ2) is 4.99. The number of nitrogens with two attached hydrogens (primary N) is 1. The molecule has 1 heterocycles. The highest BCUT2D eigenvalue weighted by Crippen LogP contribution is 2.26. The van der Waals surface area contributed by atoms with Gasteiger partial charge in [-0.3, -0.25) is 10.1 Å².